The van der Waals surface area contributed by atoms with Gasteiger partial charge in [0.1, 0.15) is 5.82 Å². The van der Waals surface area contributed by atoms with Crippen LogP contribution in [0.4, 0.5) is 4.39 Å². The lowest BCUT2D eigenvalue weighted by Crippen LogP contribution is -2.49. The van der Waals surface area contributed by atoms with E-state index in [0.717, 1.165) is 30.5 Å². The summed E-state index contributed by atoms with van der Waals surface area (Å²) in [5, 5.41) is 0. The zero-order valence-electron chi connectivity index (χ0n) is 13.5. The van der Waals surface area contributed by atoms with Crippen molar-refractivity contribution >= 4 is 21.8 Å². The minimum Gasteiger partial charge on any atom is -0.336 e. The fourth-order valence-electron chi connectivity index (χ4n) is 2.50. The summed E-state index contributed by atoms with van der Waals surface area (Å²) in [6, 6.07) is 4.50. The quantitative estimate of drug-likeness (QED) is 0.807. The molecule has 0 radical (unpaired) electrons. The molecule has 0 unspecified atom stereocenters. The first-order valence-electron chi connectivity index (χ1n) is 7.73. The zero-order valence-corrected chi connectivity index (χ0v) is 15.1. The standard InChI is InChI=1S/C17H24BrFN2O/c1-17(2,3)6-7-20-8-10-21(11-9-20)16(22)14-12-13(18)4-5-15(14)19/h4-5,12H,6-11H2,1-3H3. The van der Waals surface area contributed by atoms with Crippen LogP contribution in [0.5, 0.6) is 0 Å². The molecule has 5 heteroatoms. The summed E-state index contributed by atoms with van der Waals surface area (Å²) < 4.78 is 14.5. The van der Waals surface area contributed by atoms with Crippen LogP contribution < -0.4 is 0 Å². The minimum atomic E-state index is -0.455. The number of carbonyl (C=O) groups is 1. The number of rotatable bonds is 3. The Labute approximate surface area is 140 Å². The average Bonchev–Trinajstić information content (AvgIpc) is 2.47. The Kier molecular flexibility index (Phi) is 5.61. The fraction of sp³-hybridized carbons (Fsp3) is 0.588. The third kappa shape index (κ3) is 4.78. The van der Waals surface area contributed by atoms with Crippen LogP contribution in [0.2, 0.25) is 0 Å². The summed E-state index contributed by atoms with van der Waals surface area (Å²) in [6.45, 7) is 10.8. The molecule has 22 heavy (non-hydrogen) atoms. The van der Waals surface area contributed by atoms with Gasteiger partial charge in [-0.15, -0.1) is 0 Å². The number of halogens is 2. The van der Waals surface area contributed by atoms with Gasteiger partial charge in [0.05, 0.1) is 5.56 Å². The van der Waals surface area contributed by atoms with E-state index >= 15 is 0 Å². The van der Waals surface area contributed by atoms with Crippen molar-refractivity contribution in [1.82, 2.24) is 9.80 Å². The molecule has 3 nitrogen and oxygen atoms in total. The van der Waals surface area contributed by atoms with E-state index in [4.69, 9.17) is 0 Å². The predicted molar refractivity (Wildman–Crippen MR) is 90.5 cm³/mol. The number of amides is 1. The van der Waals surface area contributed by atoms with Crippen molar-refractivity contribution in [3.63, 3.8) is 0 Å². The highest BCUT2D eigenvalue weighted by Gasteiger charge is 2.24. The summed E-state index contributed by atoms with van der Waals surface area (Å²) >= 11 is 3.29. The Hall–Kier alpha value is -0.940. The molecule has 1 aliphatic rings. The van der Waals surface area contributed by atoms with Gasteiger partial charge in [0.15, 0.2) is 0 Å². The maximum Gasteiger partial charge on any atom is 0.256 e. The third-order valence-corrected chi connectivity index (χ3v) is 4.49. The number of carbonyl (C=O) groups excluding carboxylic acids is 1. The molecule has 0 aromatic heterocycles. The summed E-state index contributed by atoms with van der Waals surface area (Å²) in [5.74, 6) is -0.669. The highest BCUT2D eigenvalue weighted by atomic mass is 79.9. The molecule has 1 heterocycles. The van der Waals surface area contributed by atoms with E-state index in [1.807, 2.05) is 0 Å². The van der Waals surface area contributed by atoms with Crippen molar-refractivity contribution in [3.8, 4) is 0 Å². The smallest absolute Gasteiger partial charge is 0.256 e. The number of benzene rings is 1. The second-order valence-corrected chi connectivity index (χ2v) is 7.98. The Balaban J connectivity index is 1.91. The van der Waals surface area contributed by atoms with Gasteiger partial charge >= 0.3 is 0 Å². The van der Waals surface area contributed by atoms with Crippen LogP contribution in [0.1, 0.15) is 37.6 Å². The molecule has 0 bridgehead atoms. The lowest BCUT2D eigenvalue weighted by molar-refractivity contribution is 0.0619. The SMILES string of the molecule is CC(C)(C)CCN1CCN(C(=O)c2cc(Br)ccc2F)CC1. The van der Waals surface area contributed by atoms with Gasteiger partial charge in [-0.05, 0) is 36.6 Å². The third-order valence-electron chi connectivity index (χ3n) is 4.00. The molecule has 0 spiro atoms. The van der Waals surface area contributed by atoms with Gasteiger partial charge in [-0.3, -0.25) is 9.69 Å². The molecule has 122 valence electrons. The van der Waals surface area contributed by atoms with Crippen molar-refractivity contribution in [2.24, 2.45) is 5.41 Å². The lowest BCUT2D eigenvalue weighted by Gasteiger charge is -2.36. The van der Waals surface area contributed by atoms with E-state index in [1.54, 1.807) is 17.0 Å². The number of hydrogen-bond acceptors (Lipinski definition) is 2. The summed E-state index contributed by atoms with van der Waals surface area (Å²) in [7, 11) is 0. The molecule has 1 fully saturated rings. The Morgan fingerprint density at radius 2 is 1.86 bits per heavy atom. The van der Waals surface area contributed by atoms with Crippen molar-refractivity contribution in [1.29, 1.82) is 0 Å². The summed E-state index contributed by atoms with van der Waals surface area (Å²) in [4.78, 5) is 16.6. The van der Waals surface area contributed by atoms with Crippen LogP contribution >= 0.6 is 15.9 Å². The number of piperazine rings is 1. The maximum atomic E-state index is 13.8. The van der Waals surface area contributed by atoms with Gasteiger partial charge in [0.2, 0.25) is 0 Å². The molecule has 1 aromatic carbocycles. The molecule has 0 saturated carbocycles. The Bertz CT molecular complexity index is 534. The zero-order chi connectivity index (χ0) is 16.3. The van der Waals surface area contributed by atoms with Gasteiger partial charge < -0.3 is 4.90 Å². The summed E-state index contributed by atoms with van der Waals surface area (Å²) in [6.07, 6.45) is 1.14. The second-order valence-electron chi connectivity index (χ2n) is 7.07. The topological polar surface area (TPSA) is 23.6 Å². The fourth-order valence-corrected chi connectivity index (χ4v) is 2.86. The van der Waals surface area contributed by atoms with E-state index in [2.05, 4.69) is 41.6 Å². The van der Waals surface area contributed by atoms with Gasteiger partial charge in [-0.2, -0.15) is 0 Å². The molecule has 0 aliphatic carbocycles. The van der Waals surface area contributed by atoms with Gasteiger partial charge in [0.25, 0.3) is 5.91 Å². The van der Waals surface area contributed by atoms with Gasteiger partial charge in [-0.25, -0.2) is 4.39 Å². The van der Waals surface area contributed by atoms with Crippen LogP contribution in [0.25, 0.3) is 0 Å². The Morgan fingerprint density at radius 3 is 2.45 bits per heavy atom. The largest absolute Gasteiger partial charge is 0.336 e. The van der Waals surface area contributed by atoms with Crippen molar-refractivity contribution in [2.75, 3.05) is 32.7 Å². The molecule has 0 atom stereocenters. The van der Waals surface area contributed by atoms with Crippen LogP contribution in [0, 0.1) is 11.2 Å². The second kappa shape index (κ2) is 7.09. The first-order chi connectivity index (χ1) is 10.3. The van der Waals surface area contributed by atoms with E-state index in [0.29, 0.717) is 18.5 Å². The normalized spacial score (nSPS) is 16.9. The van der Waals surface area contributed by atoms with E-state index in [1.165, 1.54) is 6.07 Å². The maximum absolute atomic E-state index is 13.8. The first-order valence-corrected chi connectivity index (χ1v) is 8.52. The molecule has 0 N–H and O–H groups in total. The van der Waals surface area contributed by atoms with E-state index in [-0.39, 0.29) is 11.5 Å². The van der Waals surface area contributed by atoms with Crippen LogP contribution in [-0.2, 0) is 0 Å². The van der Waals surface area contributed by atoms with Crippen molar-refractivity contribution in [2.45, 2.75) is 27.2 Å². The van der Waals surface area contributed by atoms with E-state index in [9.17, 15) is 9.18 Å². The number of nitrogens with zero attached hydrogens (tertiary/aromatic N) is 2. The average molecular weight is 371 g/mol. The molecule has 1 aliphatic heterocycles. The van der Waals surface area contributed by atoms with Crippen LogP contribution in [0.15, 0.2) is 22.7 Å². The van der Waals surface area contributed by atoms with Crippen molar-refractivity contribution in [3.05, 3.63) is 34.1 Å². The first kappa shape index (κ1) is 17.4. The monoisotopic (exact) mass is 370 g/mol. The van der Waals surface area contributed by atoms with Crippen LogP contribution in [0.3, 0.4) is 0 Å². The molecule has 2 rings (SSSR count). The molecule has 1 saturated heterocycles. The number of hydrogen-bond donors (Lipinski definition) is 0. The minimum absolute atomic E-state index is 0.150. The van der Waals surface area contributed by atoms with Gasteiger partial charge in [-0.1, -0.05) is 36.7 Å². The predicted octanol–water partition coefficient (Wildman–Crippen LogP) is 3.78. The van der Waals surface area contributed by atoms with Gasteiger partial charge in [0, 0.05) is 30.7 Å². The highest BCUT2D eigenvalue weighted by molar-refractivity contribution is 9.10. The molecular weight excluding hydrogens is 347 g/mol. The lowest BCUT2D eigenvalue weighted by atomic mass is 9.92. The van der Waals surface area contributed by atoms with Crippen molar-refractivity contribution < 1.29 is 9.18 Å². The molecular formula is C17H24BrFN2O. The Morgan fingerprint density at radius 1 is 1.23 bits per heavy atom. The molecule has 1 amide bonds. The molecule has 1 aromatic rings. The summed E-state index contributed by atoms with van der Waals surface area (Å²) in [5.41, 5.74) is 0.476. The van der Waals surface area contributed by atoms with Crippen LogP contribution in [-0.4, -0.2) is 48.4 Å². The highest BCUT2D eigenvalue weighted by Crippen LogP contribution is 2.20. The van der Waals surface area contributed by atoms with E-state index < -0.39 is 5.82 Å².